The van der Waals surface area contributed by atoms with Gasteiger partial charge >= 0.3 is 5.97 Å². The minimum Gasteiger partial charge on any atom is -0.453 e. The average molecular weight is 368 g/mol. The number of sulfonamides is 1. The fourth-order valence-corrected chi connectivity index (χ4v) is 3.26. The normalized spacial score (nSPS) is 11.8. The number of ketones is 1. The van der Waals surface area contributed by atoms with Gasteiger partial charge in [0, 0.05) is 25.4 Å². The second-order valence-electron chi connectivity index (χ2n) is 5.77. The molecule has 0 bridgehead atoms. The fourth-order valence-electron chi connectivity index (χ4n) is 2.45. The first-order valence-corrected chi connectivity index (χ1v) is 8.88. The van der Waals surface area contributed by atoms with Crippen molar-refractivity contribution in [1.82, 2.24) is 9.29 Å². The number of carbonyl (C=O) groups is 2. The summed E-state index contributed by atoms with van der Waals surface area (Å²) >= 11 is 0. The number of H-pyrrole nitrogens is 1. The van der Waals surface area contributed by atoms with Crippen LogP contribution in [-0.4, -0.2) is 43.6 Å². The largest absolute Gasteiger partial charge is 0.453 e. The van der Waals surface area contributed by atoms with Gasteiger partial charge in [-0.05, 0) is 38.5 Å². The number of nitrogens with zero attached hydrogens (tertiary/aromatic N) is 1. The Labute approximate surface area is 145 Å². The second-order valence-corrected chi connectivity index (χ2v) is 7.85. The van der Waals surface area contributed by atoms with Crippen molar-refractivity contribution in [3.05, 3.63) is 40.4 Å². The number of carbonyl (C=O) groups excluding carboxylic acids is 2. The van der Waals surface area contributed by atoms with Gasteiger partial charge in [0.15, 0.2) is 5.78 Å². The first-order chi connectivity index (χ1) is 11.6. The van der Waals surface area contributed by atoms with Gasteiger partial charge in [0.25, 0.3) is 10.0 Å². The van der Waals surface area contributed by atoms with E-state index in [4.69, 9.17) is 9.15 Å². The quantitative estimate of drug-likeness (QED) is 0.617. The molecule has 0 aliphatic heterocycles. The second kappa shape index (κ2) is 6.85. The third kappa shape index (κ3) is 3.67. The summed E-state index contributed by atoms with van der Waals surface area (Å²) in [5.74, 6) is -0.599. The van der Waals surface area contributed by atoms with E-state index < -0.39 is 16.0 Å². The maximum Gasteiger partial charge on any atom is 0.355 e. The Hall–Kier alpha value is -2.39. The van der Waals surface area contributed by atoms with Gasteiger partial charge in [0.2, 0.25) is 5.09 Å². The number of esters is 1. The van der Waals surface area contributed by atoms with Gasteiger partial charge in [-0.2, -0.15) is 0 Å². The van der Waals surface area contributed by atoms with E-state index in [0.29, 0.717) is 16.8 Å². The number of rotatable bonds is 6. The Bertz CT molecular complexity index is 921. The Morgan fingerprint density at radius 3 is 2.40 bits per heavy atom. The van der Waals surface area contributed by atoms with E-state index in [1.165, 1.54) is 33.2 Å². The number of ether oxygens (including phenoxy) is 1. The molecule has 0 saturated heterocycles. The summed E-state index contributed by atoms with van der Waals surface area (Å²) in [6, 6.07) is 2.73. The van der Waals surface area contributed by atoms with Crippen LogP contribution in [0.2, 0.25) is 0 Å². The van der Waals surface area contributed by atoms with Crippen LogP contribution in [0.15, 0.2) is 21.6 Å². The van der Waals surface area contributed by atoms with Crippen LogP contribution in [0.1, 0.15) is 44.8 Å². The summed E-state index contributed by atoms with van der Waals surface area (Å²) in [6.07, 6.45) is 0. The molecule has 9 heteroatoms. The van der Waals surface area contributed by atoms with Crippen molar-refractivity contribution >= 4 is 21.8 Å². The minimum atomic E-state index is -3.68. The van der Waals surface area contributed by atoms with Crippen molar-refractivity contribution in [3.63, 3.8) is 0 Å². The van der Waals surface area contributed by atoms with E-state index in [1.807, 2.05) is 0 Å². The van der Waals surface area contributed by atoms with Crippen LogP contribution in [0.3, 0.4) is 0 Å². The Balaban J connectivity index is 2.13. The Kier molecular flexibility index (Phi) is 5.19. The van der Waals surface area contributed by atoms with Crippen molar-refractivity contribution in [2.24, 2.45) is 0 Å². The molecule has 0 amide bonds. The van der Waals surface area contributed by atoms with Crippen LogP contribution >= 0.6 is 0 Å². The third-order valence-corrected chi connectivity index (χ3v) is 5.40. The van der Waals surface area contributed by atoms with Crippen LogP contribution in [0, 0.1) is 13.8 Å². The zero-order chi connectivity index (χ0) is 18.9. The topological polar surface area (TPSA) is 110 Å². The zero-order valence-corrected chi connectivity index (χ0v) is 15.5. The highest BCUT2D eigenvalue weighted by molar-refractivity contribution is 7.88. The Morgan fingerprint density at radius 1 is 1.24 bits per heavy atom. The first kappa shape index (κ1) is 18.9. The molecular formula is C16H20N2O6S. The van der Waals surface area contributed by atoms with Crippen LogP contribution in [0.4, 0.5) is 0 Å². The van der Waals surface area contributed by atoms with E-state index in [0.717, 1.165) is 4.31 Å². The monoisotopic (exact) mass is 368 g/mol. The molecule has 2 rings (SSSR count). The number of hydrogen-bond donors (Lipinski definition) is 1. The lowest BCUT2D eigenvalue weighted by Crippen LogP contribution is -2.21. The van der Waals surface area contributed by atoms with Crippen molar-refractivity contribution in [3.8, 4) is 0 Å². The molecule has 0 saturated carbocycles. The minimum absolute atomic E-state index is 0.144. The summed E-state index contributed by atoms with van der Waals surface area (Å²) in [4.78, 5) is 26.7. The number of Topliss-reactive ketones (excluding diaryl/α,β-unsaturated/α-hetero) is 1. The molecular weight excluding hydrogens is 348 g/mol. The van der Waals surface area contributed by atoms with Crippen LogP contribution in [-0.2, 0) is 21.4 Å². The molecule has 2 aromatic rings. The number of aromatic amines is 1. The van der Waals surface area contributed by atoms with Crippen LogP contribution in [0.5, 0.6) is 0 Å². The lowest BCUT2D eigenvalue weighted by atomic mass is 10.1. The molecule has 0 unspecified atom stereocenters. The highest BCUT2D eigenvalue weighted by atomic mass is 32.2. The molecule has 0 aromatic carbocycles. The molecule has 8 nitrogen and oxygen atoms in total. The SMILES string of the molecule is CC(=O)c1c(C)[nH]c(C(=O)OCc2ccc(S(=O)(=O)N(C)C)o2)c1C. The van der Waals surface area contributed by atoms with E-state index in [-0.39, 0.29) is 28.9 Å². The molecule has 0 spiro atoms. The molecule has 25 heavy (non-hydrogen) atoms. The van der Waals surface area contributed by atoms with Crippen LogP contribution < -0.4 is 0 Å². The molecule has 0 aliphatic rings. The summed E-state index contributed by atoms with van der Waals surface area (Å²) in [5.41, 5.74) is 1.76. The molecule has 2 heterocycles. The molecule has 0 radical (unpaired) electrons. The van der Waals surface area contributed by atoms with Gasteiger partial charge in [-0.1, -0.05) is 0 Å². The maximum atomic E-state index is 12.2. The van der Waals surface area contributed by atoms with E-state index >= 15 is 0 Å². The maximum absolute atomic E-state index is 12.2. The summed E-state index contributed by atoms with van der Waals surface area (Å²) in [5, 5.41) is -0.227. The third-order valence-electron chi connectivity index (χ3n) is 3.71. The molecule has 1 N–H and O–H groups in total. The highest BCUT2D eigenvalue weighted by Gasteiger charge is 2.23. The highest BCUT2D eigenvalue weighted by Crippen LogP contribution is 2.21. The summed E-state index contributed by atoms with van der Waals surface area (Å²) < 4.78 is 35.3. The average Bonchev–Trinajstić information content (AvgIpc) is 3.09. The van der Waals surface area contributed by atoms with Crippen LogP contribution in [0.25, 0.3) is 0 Å². The lowest BCUT2D eigenvalue weighted by molar-refractivity contribution is 0.0433. The van der Waals surface area contributed by atoms with Crippen molar-refractivity contribution in [2.75, 3.05) is 14.1 Å². The number of aromatic nitrogens is 1. The molecule has 0 fully saturated rings. The van der Waals surface area contributed by atoms with Crippen molar-refractivity contribution < 1.29 is 27.2 Å². The van der Waals surface area contributed by atoms with Crippen molar-refractivity contribution in [2.45, 2.75) is 32.5 Å². The van der Waals surface area contributed by atoms with E-state index in [2.05, 4.69) is 4.98 Å². The molecule has 2 aromatic heterocycles. The number of furan rings is 1. The lowest BCUT2D eigenvalue weighted by Gasteiger charge is -2.07. The van der Waals surface area contributed by atoms with Gasteiger partial charge in [-0.25, -0.2) is 17.5 Å². The van der Waals surface area contributed by atoms with Gasteiger partial charge in [0.05, 0.1) is 0 Å². The standard InChI is InChI=1S/C16H20N2O6S/c1-9-14(11(3)19)10(2)17-15(9)16(20)23-8-12-6-7-13(24-12)25(21,22)18(4)5/h6-7,17H,8H2,1-5H3. The van der Waals surface area contributed by atoms with Gasteiger partial charge in [-0.15, -0.1) is 0 Å². The first-order valence-electron chi connectivity index (χ1n) is 7.44. The smallest absolute Gasteiger partial charge is 0.355 e. The zero-order valence-electron chi connectivity index (χ0n) is 14.7. The molecule has 0 atom stereocenters. The van der Waals surface area contributed by atoms with Gasteiger partial charge in [0.1, 0.15) is 18.1 Å². The number of nitrogens with one attached hydrogen (secondary N) is 1. The molecule has 0 aliphatic carbocycles. The van der Waals surface area contributed by atoms with E-state index in [1.54, 1.807) is 13.8 Å². The number of aryl methyl sites for hydroxylation is 1. The fraction of sp³-hybridized carbons (Fsp3) is 0.375. The summed E-state index contributed by atoms with van der Waals surface area (Å²) in [7, 11) is -0.904. The Morgan fingerprint density at radius 2 is 1.88 bits per heavy atom. The van der Waals surface area contributed by atoms with Crippen molar-refractivity contribution in [1.29, 1.82) is 0 Å². The predicted octanol–water partition coefficient (Wildman–Crippen LogP) is 2.03. The molecule has 136 valence electrons. The van der Waals surface area contributed by atoms with Gasteiger partial charge in [-0.3, -0.25) is 4.79 Å². The van der Waals surface area contributed by atoms with E-state index in [9.17, 15) is 18.0 Å². The predicted molar refractivity (Wildman–Crippen MR) is 89.0 cm³/mol. The van der Waals surface area contributed by atoms with Gasteiger partial charge < -0.3 is 14.1 Å². The summed E-state index contributed by atoms with van der Waals surface area (Å²) in [6.45, 7) is 4.56. The number of hydrogen-bond acceptors (Lipinski definition) is 6.